The summed E-state index contributed by atoms with van der Waals surface area (Å²) in [6, 6.07) is 1.41. The van der Waals surface area contributed by atoms with Crippen LogP contribution in [0.5, 0.6) is 0 Å². The molecular formula is C17H33N3O. The molecule has 0 heterocycles. The van der Waals surface area contributed by atoms with Gasteiger partial charge >= 0.3 is 0 Å². The fourth-order valence-corrected chi connectivity index (χ4v) is 3.92. The second kappa shape index (κ2) is 8.14. The Morgan fingerprint density at radius 3 is 2.19 bits per heavy atom. The summed E-state index contributed by atoms with van der Waals surface area (Å²) in [6.45, 7) is 3.72. The Hall–Kier alpha value is -0.610. The monoisotopic (exact) mass is 295 g/mol. The van der Waals surface area contributed by atoms with Gasteiger partial charge in [0.2, 0.25) is 5.91 Å². The Labute approximate surface area is 130 Å². The molecule has 0 bridgehead atoms. The van der Waals surface area contributed by atoms with E-state index in [0.717, 1.165) is 32.2 Å². The summed E-state index contributed by atoms with van der Waals surface area (Å²) in [4.78, 5) is 17.0. The number of carbonyl (C=O) groups excluding carboxylic acids is 1. The molecule has 122 valence electrons. The first-order valence-electron chi connectivity index (χ1n) is 8.87. The van der Waals surface area contributed by atoms with Crippen LogP contribution in [0.1, 0.15) is 64.7 Å². The van der Waals surface area contributed by atoms with Gasteiger partial charge in [-0.25, -0.2) is 0 Å². The molecule has 0 radical (unpaired) electrons. The fourth-order valence-electron chi connectivity index (χ4n) is 3.92. The van der Waals surface area contributed by atoms with Gasteiger partial charge in [0, 0.05) is 25.2 Å². The summed E-state index contributed by atoms with van der Waals surface area (Å²) >= 11 is 0. The zero-order valence-corrected chi connectivity index (χ0v) is 13.9. The highest BCUT2D eigenvalue weighted by atomic mass is 16.2. The molecule has 0 saturated heterocycles. The Bertz CT molecular complexity index is 320. The molecule has 2 saturated carbocycles. The van der Waals surface area contributed by atoms with Gasteiger partial charge in [-0.2, -0.15) is 0 Å². The Morgan fingerprint density at radius 2 is 1.62 bits per heavy atom. The van der Waals surface area contributed by atoms with Crippen molar-refractivity contribution in [2.45, 2.75) is 82.8 Å². The fraction of sp³-hybridized carbons (Fsp3) is 0.941. The van der Waals surface area contributed by atoms with Crippen LogP contribution in [0.4, 0.5) is 0 Å². The molecule has 0 atom stereocenters. The zero-order chi connectivity index (χ0) is 15.2. The number of likely N-dealkylation sites (N-methyl/N-ethyl adjacent to an activating group) is 2. The van der Waals surface area contributed by atoms with Crippen LogP contribution in [-0.4, -0.2) is 54.0 Å². The van der Waals surface area contributed by atoms with Crippen molar-refractivity contribution in [3.05, 3.63) is 0 Å². The van der Waals surface area contributed by atoms with Crippen molar-refractivity contribution < 1.29 is 4.79 Å². The first-order chi connectivity index (χ1) is 10.1. The van der Waals surface area contributed by atoms with Crippen LogP contribution in [0, 0.1) is 0 Å². The van der Waals surface area contributed by atoms with Crippen molar-refractivity contribution in [1.29, 1.82) is 0 Å². The molecule has 2 aliphatic rings. The SMILES string of the molecule is CCN(CC(=O)N(C)C1CCCCC1)C1CCC(N)CC1. The summed E-state index contributed by atoms with van der Waals surface area (Å²) in [5.41, 5.74) is 5.99. The van der Waals surface area contributed by atoms with Crippen LogP contribution in [-0.2, 0) is 4.79 Å². The lowest BCUT2D eigenvalue weighted by atomic mass is 9.90. The van der Waals surface area contributed by atoms with Gasteiger partial charge in [-0.05, 0) is 45.1 Å². The predicted molar refractivity (Wildman–Crippen MR) is 87.1 cm³/mol. The molecule has 4 heteroatoms. The van der Waals surface area contributed by atoms with Gasteiger partial charge in [-0.3, -0.25) is 9.69 Å². The van der Waals surface area contributed by atoms with E-state index in [1.54, 1.807) is 0 Å². The van der Waals surface area contributed by atoms with Gasteiger partial charge in [0.1, 0.15) is 0 Å². The summed E-state index contributed by atoms with van der Waals surface area (Å²) in [5.74, 6) is 0.304. The number of carbonyl (C=O) groups is 1. The van der Waals surface area contributed by atoms with E-state index >= 15 is 0 Å². The van der Waals surface area contributed by atoms with Gasteiger partial charge in [0.15, 0.2) is 0 Å². The maximum atomic E-state index is 12.6. The van der Waals surface area contributed by atoms with Gasteiger partial charge in [0.25, 0.3) is 0 Å². The highest BCUT2D eigenvalue weighted by Gasteiger charge is 2.27. The molecule has 0 aliphatic heterocycles. The Morgan fingerprint density at radius 1 is 1.00 bits per heavy atom. The van der Waals surface area contributed by atoms with E-state index < -0.39 is 0 Å². The van der Waals surface area contributed by atoms with Gasteiger partial charge in [-0.1, -0.05) is 26.2 Å². The van der Waals surface area contributed by atoms with Crippen LogP contribution in [0.15, 0.2) is 0 Å². The average Bonchev–Trinajstić information content (AvgIpc) is 2.53. The number of amides is 1. The van der Waals surface area contributed by atoms with Crippen molar-refractivity contribution in [2.24, 2.45) is 5.73 Å². The predicted octanol–water partition coefficient (Wildman–Crippen LogP) is 2.37. The third kappa shape index (κ3) is 4.68. The molecule has 4 nitrogen and oxygen atoms in total. The van der Waals surface area contributed by atoms with E-state index in [-0.39, 0.29) is 0 Å². The second-order valence-corrected chi connectivity index (χ2v) is 6.93. The molecule has 2 rings (SSSR count). The molecule has 0 aromatic carbocycles. The van der Waals surface area contributed by atoms with Crippen LogP contribution in [0.3, 0.4) is 0 Å². The van der Waals surface area contributed by atoms with Gasteiger partial charge in [-0.15, -0.1) is 0 Å². The van der Waals surface area contributed by atoms with E-state index in [1.807, 2.05) is 11.9 Å². The maximum Gasteiger partial charge on any atom is 0.236 e. The van der Waals surface area contributed by atoms with Crippen LogP contribution in [0.2, 0.25) is 0 Å². The van der Waals surface area contributed by atoms with E-state index in [2.05, 4.69) is 11.8 Å². The Balaban J connectivity index is 1.83. The number of nitrogens with zero attached hydrogens (tertiary/aromatic N) is 2. The quantitative estimate of drug-likeness (QED) is 0.847. The largest absolute Gasteiger partial charge is 0.342 e. The number of rotatable bonds is 5. The molecule has 2 N–H and O–H groups in total. The molecule has 0 unspecified atom stereocenters. The lowest BCUT2D eigenvalue weighted by molar-refractivity contribution is -0.134. The first-order valence-corrected chi connectivity index (χ1v) is 8.87. The second-order valence-electron chi connectivity index (χ2n) is 6.93. The molecule has 0 spiro atoms. The minimum Gasteiger partial charge on any atom is -0.342 e. The van der Waals surface area contributed by atoms with Crippen molar-refractivity contribution in [1.82, 2.24) is 9.80 Å². The van der Waals surface area contributed by atoms with Crippen LogP contribution >= 0.6 is 0 Å². The summed E-state index contributed by atoms with van der Waals surface area (Å²) in [6.07, 6.45) is 10.8. The van der Waals surface area contributed by atoms with E-state index in [9.17, 15) is 4.79 Å². The number of nitrogens with two attached hydrogens (primary N) is 1. The third-order valence-corrected chi connectivity index (χ3v) is 5.52. The number of hydrogen-bond donors (Lipinski definition) is 1. The lowest BCUT2D eigenvalue weighted by Crippen LogP contribution is -2.48. The van der Waals surface area contributed by atoms with E-state index in [4.69, 9.17) is 5.73 Å². The Kier molecular flexibility index (Phi) is 6.49. The topological polar surface area (TPSA) is 49.6 Å². The average molecular weight is 295 g/mol. The highest BCUT2D eigenvalue weighted by molar-refractivity contribution is 5.78. The molecule has 1 amide bonds. The smallest absolute Gasteiger partial charge is 0.236 e. The standard InChI is InChI=1S/C17H33N3O/c1-3-20(16-11-9-14(18)10-12-16)13-17(21)19(2)15-7-5-4-6-8-15/h14-16H,3-13,18H2,1-2H3. The van der Waals surface area contributed by atoms with Crippen molar-refractivity contribution in [3.63, 3.8) is 0 Å². The summed E-state index contributed by atoms with van der Waals surface area (Å²) in [7, 11) is 2.00. The minimum absolute atomic E-state index is 0.304. The highest BCUT2D eigenvalue weighted by Crippen LogP contribution is 2.24. The van der Waals surface area contributed by atoms with Crippen molar-refractivity contribution in [2.75, 3.05) is 20.1 Å². The first kappa shape index (κ1) is 16.8. The minimum atomic E-state index is 0.304. The van der Waals surface area contributed by atoms with Crippen molar-refractivity contribution in [3.8, 4) is 0 Å². The molecule has 2 fully saturated rings. The lowest BCUT2D eigenvalue weighted by Gasteiger charge is -2.37. The normalized spacial score (nSPS) is 27.8. The van der Waals surface area contributed by atoms with Gasteiger partial charge < -0.3 is 10.6 Å². The zero-order valence-electron chi connectivity index (χ0n) is 13.9. The van der Waals surface area contributed by atoms with Crippen molar-refractivity contribution >= 4 is 5.91 Å². The van der Waals surface area contributed by atoms with Gasteiger partial charge in [0.05, 0.1) is 6.54 Å². The van der Waals surface area contributed by atoms with E-state index in [1.165, 1.54) is 32.1 Å². The summed E-state index contributed by atoms with van der Waals surface area (Å²) < 4.78 is 0. The molecule has 21 heavy (non-hydrogen) atoms. The summed E-state index contributed by atoms with van der Waals surface area (Å²) in [5, 5.41) is 0. The number of hydrogen-bond acceptors (Lipinski definition) is 3. The molecular weight excluding hydrogens is 262 g/mol. The van der Waals surface area contributed by atoms with E-state index in [0.29, 0.717) is 30.6 Å². The molecule has 0 aromatic heterocycles. The van der Waals surface area contributed by atoms with Crippen LogP contribution in [0.25, 0.3) is 0 Å². The third-order valence-electron chi connectivity index (χ3n) is 5.52. The molecule has 0 aromatic rings. The maximum absolute atomic E-state index is 12.6. The van der Waals surface area contributed by atoms with Crippen LogP contribution < -0.4 is 5.73 Å². The molecule has 2 aliphatic carbocycles.